The Kier molecular flexibility index (Phi) is 5.25. The topological polar surface area (TPSA) is 57.3 Å². The maximum absolute atomic E-state index is 13.7. The number of nitrogens with zero attached hydrogens (tertiary/aromatic N) is 2. The van der Waals surface area contributed by atoms with Crippen molar-refractivity contribution in [1.82, 2.24) is 15.2 Å². The lowest BCUT2D eigenvalue weighted by Crippen LogP contribution is -2.46. The zero-order valence-corrected chi connectivity index (χ0v) is 13.4. The summed E-state index contributed by atoms with van der Waals surface area (Å²) >= 11 is 0. The van der Waals surface area contributed by atoms with Gasteiger partial charge in [-0.25, -0.2) is 9.18 Å². The molecule has 0 saturated carbocycles. The van der Waals surface area contributed by atoms with Gasteiger partial charge in [-0.2, -0.15) is 0 Å². The van der Waals surface area contributed by atoms with Crippen molar-refractivity contribution >= 4 is 11.7 Å². The first-order valence-corrected chi connectivity index (χ1v) is 8.15. The average molecular weight is 328 g/mol. The molecule has 0 atom stereocenters. The molecule has 0 radical (unpaired) electrons. The van der Waals surface area contributed by atoms with Gasteiger partial charge in [0.15, 0.2) is 0 Å². The number of rotatable bonds is 4. The van der Waals surface area contributed by atoms with Crippen molar-refractivity contribution in [3.63, 3.8) is 0 Å². The molecule has 1 fully saturated rings. The van der Waals surface area contributed by atoms with Crippen LogP contribution in [0, 0.1) is 5.82 Å². The number of benzene rings is 1. The van der Waals surface area contributed by atoms with Gasteiger partial charge in [0.1, 0.15) is 5.82 Å². The molecule has 0 spiro atoms. The minimum absolute atomic E-state index is 0.0591. The molecule has 3 rings (SSSR count). The highest BCUT2D eigenvalue weighted by Crippen LogP contribution is 2.19. The lowest BCUT2D eigenvalue weighted by molar-refractivity contribution is 0.183. The summed E-state index contributed by atoms with van der Waals surface area (Å²) in [5.74, 6) is -0.241. The predicted molar refractivity (Wildman–Crippen MR) is 91.1 cm³/mol. The fourth-order valence-corrected chi connectivity index (χ4v) is 2.82. The zero-order valence-electron chi connectivity index (χ0n) is 13.4. The summed E-state index contributed by atoms with van der Waals surface area (Å²) in [4.78, 5) is 18.0. The van der Waals surface area contributed by atoms with E-state index in [4.69, 9.17) is 0 Å². The maximum Gasteiger partial charge on any atom is 0.317 e. The number of pyridine rings is 1. The minimum atomic E-state index is -0.241. The molecule has 2 N–H and O–H groups in total. The molecular weight excluding hydrogens is 307 g/mol. The van der Waals surface area contributed by atoms with E-state index in [1.807, 2.05) is 18.2 Å². The van der Waals surface area contributed by atoms with E-state index < -0.39 is 0 Å². The molecule has 1 aromatic heterocycles. The number of carbonyl (C=O) groups excluding carboxylic acids is 1. The van der Waals surface area contributed by atoms with E-state index in [-0.39, 0.29) is 17.9 Å². The number of halogens is 1. The Morgan fingerprint density at radius 1 is 1.17 bits per heavy atom. The molecule has 6 heteroatoms. The summed E-state index contributed by atoms with van der Waals surface area (Å²) in [5.41, 5.74) is 1.55. The number of nitrogens with one attached hydrogen (secondary N) is 2. The van der Waals surface area contributed by atoms with Crippen molar-refractivity contribution in [2.24, 2.45) is 0 Å². The third-order valence-electron chi connectivity index (χ3n) is 4.21. The number of aromatic nitrogens is 1. The van der Waals surface area contributed by atoms with E-state index in [0.29, 0.717) is 25.3 Å². The largest absolute Gasteiger partial charge is 0.380 e. The van der Waals surface area contributed by atoms with Crippen LogP contribution in [0.15, 0.2) is 48.8 Å². The summed E-state index contributed by atoms with van der Waals surface area (Å²) in [6.45, 7) is 1.82. The third-order valence-corrected chi connectivity index (χ3v) is 4.21. The third kappa shape index (κ3) is 4.22. The molecule has 1 aliphatic rings. The second kappa shape index (κ2) is 7.77. The first-order valence-electron chi connectivity index (χ1n) is 8.15. The van der Waals surface area contributed by atoms with E-state index in [9.17, 15) is 9.18 Å². The van der Waals surface area contributed by atoms with E-state index in [2.05, 4.69) is 15.6 Å². The van der Waals surface area contributed by atoms with Crippen LogP contribution in [0.5, 0.6) is 0 Å². The molecule has 0 unspecified atom stereocenters. The lowest BCUT2D eigenvalue weighted by Gasteiger charge is -2.33. The number of likely N-dealkylation sites (tertiary alicyclic amines) is 1. The van der Waals surface area contributed by atoms with Gasteiger partial charge in [0.25, 0.3) is 0 Å². The van der Waals surface area contributed by atoms with Gasteiger partial charge in [-0.15, -0.1) is 0 Å². The Morgan fingerprint density at radius 3 is 2.58 bits per heavy atom. The molecule has 1 aromatic carbocycles. The van der Waals surface area contributed by atoms with Crippen molar-refractivity contribution in [1.29, 1.82) is 0 Å². The van der Waals surface area contributed by atoms with E-state index in [1.54, 1.807) is 29.4 Å². The number of amides is 2. The first kappa shape index (κ1) is 16.2. The van der Waals surface area contributed by atoms with Gasteiger partial charge in [0.2, 0.25) is 0 Å². The van der Waals surface area contributed by atoms with Gasteiger partial charge in [-0.1, -0.05) is 12.1 Å². The molecule has 0 bridgehead atoms. The highest BCUT2D eigenvalue weighted by atomic mass is 19.1. The van der Waals surface area contributed by atoms with Gasteiger partial charge < -0.3 is 15.5 Å². The van der Waals surface area contributed by atoms with Gasteiger partial charge in [-0.05, 0) is 42.7 Å². The summed E-state index contributed by atoms with van der Waals surface area (Å²) < 4.78 is 13.7. The van der Waals surface area contributed by atoms with Crippen LogP contribution in [0.25, 0.3) is 0 Å². The van der Waals surface area contributed by atoms with Crippen LogP contribution in [0.4, 0.5) is 14.9 Å². The SMILES string of the molecule is O=C(NCc1ccncc1)N1CCC(Nc2ccccc2F)CC1. The predicted octanol–water partition coefficient (Wildman–Crippen LogP) is 3.01. The van der Waals surface area contributed by atoms with Crippen molar-refractivity contribution in [2.45, 2.75) is 25.4 Å². The van der Waals surface area contributed by atoms with Crippen molar-refractivity contribution in [3.8, 4) is 0 Å². The molecule has 5 nitrogen and oxygen atoms in total. The Morgan fingerprint density at radius 2 is 1.88 bits per heavy atom. The van der Waals surface area contributed by atoms with E-state index in [1.165, 1.54) is 6.07 Å². The van der Waals surface area contributed by atoms with Crippen molar-refractivity contribution in [2.75, 3.05) is 18.4 Å². The number of hydrogen-bond acceptors (Lipinski definition) is 3. The highest BCUT2D eigenvalue weighted by Gasteiger charge is 2.23. The Bertz CT molecular complexity index is 672. The van der Waals surface area contributed by atoms with Crippen molar-refractivity contribution < 1.29 is 9.18 Å². The molecular formula is C18H21FN4O. The van der Waals surface area contributed by atoms with Crippen molar-refractivity contribution in [3.05, 3.63) is 60.2 Å². The van der Waals surface area contributed by atoms with Crippen LogP contribution < -0.4 is 10.6 Å². The van der Waals surface area contributed by atoms with E-state index >= 15 is 0 Å². The molecule has 24 heavy (non-hydrogen) atoms. The molecule has 126 valence electrons. The minimum Gasteiger partial charge on any atom is -0.380 e. The monoisotopic (exact) mass is 328 g/mol. The summed E-state index contributed by atoms with van der Waals surface area (Å²) in [5, 5.41) is 6.15. The van der Waals surface area contributed by atoms with Gasteiger partial charge in [-0.3, -0.25) is 4.98 Å². The first-order chi connectivity index (χ1) is 11.7. The number of anilines is 1. The summed E-state index contributed by atoms with van der Waals surface area (Å²) in [7, 11) is 0. The van der Waals surface area contributed by atoms with Crippen LogP contribution in [0.1, 0.15) is 18.4 Å². The van der Waals surface area contributed by atoms with Crippen LogP contribution in [-0.2, 0) is 6.54 Å². The zero-order chi connectivity index (χ0) is 16.8. The smallest absolute Gasteiger partial charge is 0.317 e. The number of para-hydroxylation sites is 1. The molecule has 2 amide bonds. The Labute approximate surface area is 140 Å². The summed E-state index contributed by atoms with van der Waals surface area (Å²) in [6, 6.07) is 10.6. The fourth-order valence-electron chi connectivity index (χ4n) is 2.82. The number of hydrogen-bond donors (Lipinski definition) is 2. The van der Waals surface area contributed by atoms with Gasteiger partial charge in [0, 0.05) is 38.1 Å². The van der Waals surface area contributed by atoms with E-state index in [0.717, 1.165) is 18.4 Å². The average Bonchev–Trinajstić information content (AvgIpc) is 2.63. The number of piperidine rings is 1. The van der Waals surface area contributed by atoms with Gasteiger partial charge >= 0.3 is 6.03 Å². The normalized spacial score (nSPS) is 15.1. The highest BCUT2D eigenvalue weighted by molar-refractivity contribution is 5.74. The number of urea groups is 1. The van der Waals surface area contributed by atoms with Crippen LogP contribution >= 0.6 is 0 Å². The van der Waals surface area contributed by atoms with Crippen LogP contribution in [-0.4, -0.2) is 35.0 Å². The Hall–Kier alpha value is -2.63. The number of carbonyl (C=O) groups is 1. The quantitative estimate of drug-likeness (QED) is 0.907. The molecule has 0 aliphatic carbocycles. The molecule has 1 saturated heterocycles. The van der Waals surface area contributed by atoms with Gasteiger partial charge in [0.05, 0.1) is 5.69 Å². The summed E-state index contributed by atoms with van der Waals surface area (Å²) in [6.07, 6.45) is 5.02. The van der Waals surface area contributed by atoms with Crippen LogP contribution in [0.2, 0.25) is 0 Å². The maximum atomic E-state index is 13.7. The second-order valence-corrected chi connectivity index (χ2v) is 5.90. The fraction of sp³-hybridized carbons (Fsp3) is 0.333. The molecule has 1 aliphatic heterocycles. The lowest BCUT2D eigenvalue weighted by atomic mass is 10.0. The van der Waals surface area contributed by atoms with Crippen LogP contribution in [0.3, 0.4) is 0 Å². The Balaban J connectivity index is 1.44. The standard InChI is InChI=1S/C18H21FN4O/c19-16-3-1-2-4-17(16)22-15-7-11-23(12-8-15)18(24)21-13-14-5-9-20-10-6-14/h1-6,9-10,15,22H,7-8,11-13H2,(H,21,24). The molecule has 2 aromatic rings. The molecule has 2 heterocycles. The second-order valence-electron chi connectivity index (χ2n) is 5.90.